The minimum Gasteiger partial charge on any atom is -0.418 e. The van der Waals surface area contributed by atoms with Gasteiger partial charge in [0.1, 0.15) is 5.75 Å². The number of nitrogens with zero attached hydrogens (tertiary/aromatic N) is 4. The normalized spacial score (nSPS) is 18.2. The van der Waals surface area contributed by atoms with Gasteiger partial charge in [0.05, 0.1) is 40.8 Å². The van der Waals surface area contributed by atoms with Gasteiger partial charge in [0.25, 0.3) is 0 Å². The summed E-state index contributed by atoms with van der Waals surface area (Å²) >= 11 is 0. The van der Waals surface area contributed by atoms with Crippen molar-refractivity contribution >= 4 is 21.4 Å². The number of fused-ring (bicyclic) bond motifs is 1. The molecule has 5 rings (SSSR count). The Morgan fingerprint density at radius 3 is 2.27 bits per heavy atom. The maximum absolute atomic E-state index is 13.4. The lowest BCUT2D eigenvalue weighted by atomic mass is 10.0. The molecule has 0 saturated heterocycles. The van der Waals surface area contributed by atoms with Gasteiger partial charge in [0.15, 0.2) is 15.4 Å². The van der Waals surface area contributed by atoms with E-state index in [9.17, 15) is 39.6 Å². The number of carbonyl (C=O) groups is 1. The third-order valence-electron chi connectivity index (χ3n) is 6.83. The summed E-state index contributed by atoms with van der Waals surface area (Å²) in [6.07, 6.45) is -8.88. The zero-order valence-corrected chi connectivity index (χ0v) is 23.7. The summed E-state index contributed by atoms with van der Waals surface area (Å²) < 4.78 is 113. The van der Waals surface area contributed by atoms with Crippen LogP contribution in [0.4, 0.5) is 32.0 Å². The Kier molecular flexibility index (Phi) is 7.87. The molecule has 3 heterocycles. The number of pyridine rings is 1. The number of hydrogen-bond acceptors (Lipinski definition) is 10. The minimum absolute atomic E-state index is 0.00770. The van der Waals surface area contributed by atoms with Crippen molar-refractivity contribution in [3.05, 3.63) is 72.2 Å². The summed E-state index contributed by atoms with van der Waals surface area (Å²) in [6, 6.07) is 10.9. The number of aromatic nitrogens is 3. The first-order valence-corrected chi connectivity index (χ1v) is 14.5. The van der Waals surface area contributed by atoms with E-state index in [1.807, 2.05) is 0 Å². The first kappa shape index (κ1) is 31.9. The lowest BCUT2D eigenvalue weighted by Gasteiger charge is -2.24. The Balaban J connectivity index is 1.47. The highest BCUT2D eigenvalue weighted by molar-refractivity contribution is 7.91. The number of anilines is 1. The topological polar surface area (TPSA) is 168 Å². The third kappa shape index (κ3) is 6.47. The van der Waals surface area contributed by atoms with Crippen LogP contribution in [0.25, 0.3) is 22.7 Å². The summed E-state index contributed by atoms with van der Waals surface area (Å²) in [5.74, 6) is -3.29. The first-order valence-electron chi connectivity index (χ1n) is 12.8. The lowest BCUT2D eigenvalue weighted by molar-refractivity contribution is -0.274. The van der Waals surface area contributed by atoms with Crippen molar-refractivity contribution in [2.24, 2.45) is 11.5 Å². The number of sulfone groups is 1. The number of alkyl halides is 6. The molecule has 0 saturated carbocycles. The number of benzene rings is 2. The molecule has 4 aromatic rings. The average molecular weight is 657 g/mol. The Bertz CT molecular complexity index is 1840. The van der Waals surface area contributed by atoms with Gasteiger partial charge in [-0.2, -0.15) is 13.2 Å². The molecule has 2 aromatic carbocycles. The van der Waals surface area contributed by atoms with Gasteiger partial charge in [-0.15, -0.1) is 23.4 Å². The van der Waals surface area contributed by atoms with Crippen LogP contribution in [0.2, 0.25) is 0 Å². The number of carbonyl (C=O) groups excluding carboxylic acids is 1. The van der Waals surface area contributed by atoms with E-state index in [0.29, 0.717) is 23.7 Å². The molecule has 0 fully saturated rings. The number of nitrogens with two attached hydrogens (primary N) is 2. The molecular formula is C27H22F6N6O5S. The second kappa shape index (κ2) is 11.1. The van der Waals surface area contributed by atoms with Crippen LogP contribution in [0.1, 0.15) is 18.4 Å². The van der Waals surface area contributed by atoms with E-state index in [1.165, 1.54) is 18.2 Å². The second-order valence-electron chi connectivity index (χ2n) is 10.2. The van der Waals surface area contributed by atoms with Gasteiger partial charge in [0, 0.05) is 11.1 Å². The Labute approximate surface area is 250 Å². The summed E-state index contributed by atoms with van der Waals surface area (Å²) in [5.41, 5.74) is 9.57. The molecule has 1 aliphatic heterocycles. The third-order valence-corrected chi connectivity index (χ3v) is 8.65. The quantitative estimate of drug-likeness (QED) is 0.289. The fourth-order valence-electron chi connectivity index (χ4n) is 4.38. The summed E-state index contributed by atoms with van der Waals surface area (Å²) in [4.78, 5) is 18.2. The first-order chi connectivity index (χ1) is 20.9. The van der Waals surface area contributed by atoms with Crippen molar-refractivity contribution in [3.8, 4) is 28.5 Å². The highest BCUT2D eigenvalue weighted by Crippen LogP contribution is 2.39. The van der Waals surface area contributed by atoms with Gasteiger partial charge < -0.3 is 25.5 Å². The van der Waals surface area contributed by atoms with E-state index in [0.717, 1.165) is 23.2 Å². The van der Waals surface area contributed by atoms with Gasteiger partial charge >= 0.3 is 12.5 Å². The maximum Gasteiger partial charge on any atom is 0.573 e. The molecule has 0 spiro atoms. The van der Waals surface area contributed by atoms with Gasteiger partial charge in [-0.1, -0.05) is 24.3 Å². The van der Waals surface area contributed by atoms with Crippen molar-refractivity contribution in [3.63, 3.8) is 0 Å². The summed E-state index contributed by atoms with van der Waals surface area (Å²) in [5, 5.41) is 7.05. The smallest absolute Gasteiger partial charge is 0.418 e. The molecule has 238 valence electrons. The van der Waals surface area contributed by atoms with E-state index in [2.05, 4.69) is 19.9 Å². The minimum atomic E-state index is -4.92. The van der Waals surface area contributed by atoms with Crippen molar-refractivity contribution in [2.75, 3.05) is 10.7 Å². The van der Waals surface area contributed by atoms with Gasteiger partial charge in [-0.3, -0.25) is 9.78 Å². The summed E-state index contributed by atoms with van der Waals surface area (Å²) in [6.45, 7) is 0.461. The Morgan fingerprint density at radius 1 is 1.00 bits per heavy atom. The SMILES string of the molecule is C[C@@](N)(c1nnc(-c2ccc3c(c2)N(Cc2ccc(-c4ccc(OC(F)(F)F)cn4)cc2)C(=O)[C@@H](N)CS3(=O)=O)o1)C(F)(F)F. The van der Waals surface area contributed by atoms with Crippen molar-refractivity contribution in [1.82, 2.24) is 15.2 Å². The van der Waals surface area contributed by atoms with Crippen LogP contribution in [0.3, 0.4) is 0 Å². The van der Waals surface area contributed by atoms with Crippen LogP contribution in [0, 0.1) is 0 Å². The molecule has 1 aliphatic rings. The van der Waals surface area contributed by atoms with Crippen molar-refractivity contribution in [1.29, 1.82) is 0 Å². The van der Waals surface area contributed by atoms with Crippen LogP contribution >= 0.6 is 0 Å². The van der Waals surface area contributed by atoms with Crippen LogP contribution < -0.4 is 21.1 Å². The Hall–Kier alpha value is -4.55. The molecule has 4 N–H and O–H groups in total. The Morgan fingerprint density at radius 2 is 1.67 bits per heavy atom. The number of amides is 1. The highest BCUT2D eigenvalue weighted by atomic mass is 32.2. The summed E-state index contributed by atoms with van der Waals surface area (Å²) in [7, 11) is -4.09. The maximum atomic E-state index is 13.4. The van der Waals surface area contributed by atoms with Crippen LogP contribution in [0.5, 0.6) is 5.75 Å². The van der Waals surface area contributed by atoms with E-state index in [-0.39, 0.29) is 22.7 Å². The zero-order valence-electron chi connectivity index (χ0n) is 22.9. The largest absolute Gasteiger partial charge is 0.573 e. The molecule has 0 radical (unpaired) electrons. The molecule has 0 aliphatic carbocycles. The zero-order chi connectivity index (χ0) is 32.9. The van der Waals surface area contributed by atoms with Gasteiger partial charge in [-0.05, 0) is 42.8 Å². The van der Waals surface area contributed by atoms with Crippen LogP contribution in [-0.4, -0.2) is 53.8 Å². The monoisotopic (exact) mass is 656 g/mol. The molecule has 11 nitrogen and oxygen atoms in total. The van der Waals surface area contributed by atoms with E-state index < -0.39 is 63.1 Å². The number of hydrogen-bond donors (Lipinski definition) is 2. The molecule has 1 amide bonds. The van der Waals surface area contributed by atoms with Gasteiger partial charge in [-0.25, -0.2) is 8.42 Å². The fourth-order valence-corrected chi connectivity index (χ4v) is 5.94. The standard InChI is InChI=1S/C27H22F6N6O5S/c1-25(35,26(28,29)30)24-38-37-22(43-24)16-6-9-21-20(10-16)39(23(40)18(34)13-45(21,41)42)12-14-2-4-15(5-3-14)19-8-7-17(11-36-19)44-27(31,32)33/h2-11,18H,12-13,34-35H2,1H3/t18-,25+/m0/s1. The second-order valence-corrected chi connectivity index (χ2v) is 12.2. The van der Waals surface area contributed by atoms with E-state index in [4.69, 9.17) is 15.9 Å². The molecular weight excluding hydrogens is 634 g/mol. The van der Waals surface area contributed by atoms with Crippen LogP contribution in [0.15, 0.2) is 70.1 Å². The number of halogens is 6. The number of ether oxygens (including phenoxy) is 1. The highest BCUT2D eigenvalue weighted by Gasteiger charge is 2.53. The molecule has 18 heteroatoms. The van der Waals surface area contributed by atoms with E-state index >= 15 is 0 Å². The molecule has 0 unspecified atom stereocenters. The van der Waals surface area contributed by atoms with E-state index in [1.54, 1.807) is 24.3 Å². The van der Waals surface area contributed by atoms with Crippen molar-refractivity contribution < 1.29 is 48.7 Å². The molecule has 0 bridgehead atoms. The predicted octanol–water partition coefficient (Wildman–Crippen LogP) is 4.08. The van der Waals surface area contributed by atoms with Crippen LogP contribution in [-0.2, 0) is 26.7 Å². The fraction of sp³-hybridized carbons (Fsp3) is 0.259. The molecule has 45 heavy (non-hydrogen) atoms. The predicted molar refractivity (Wildman–Crippen MR) is 145 cm³/mol. The van der Waals surface area contributed by atoms with Crippen molar-refractivity contribution in [2.45, 2.75) is 42.5 Å². The molecule has 2 atom stereocenters. The average Bonchev–Trinajstić information content (AvgIpc) is 3.44. The lowest BCUT2D eigenvalue weighted by Crippen LogP contribution is -2.48. The number of rotatable bonds is 6. The molecule has 2 aromatic heterocycles. The van der Waals surface area contributed by atoms with Gasteiger partial charge in [0.2, 0.25) is 17.7 Å².